The molecule has 3 amide bonds. The lowest BCUT2D eigenvalue weighted by Crippen LogP contribution is -2.50. The predicted molar refractivity (Wildman–Crippen MR) is 105 cm³/mol. The fraction of sp³-hybridized carbons (Fsp3) is 0.474. The highest BCUT2D eigenvalue weighted by molar-refractivity contribution is 5.97. The molecule has 4 N–H and O–H groups in total. The van der Waals surface area contributed by atoms with Crippen molar-refractivity contribution >= 4 is 23.7 Å². The van der Waals surface area contributed by atoms with Crippen LogP contribution in [-0.4, -0.2) is 52.1 Å². The molecule has 10 nitrogen and oxygen atoms in total. The van der Waals surface area contributed by atoms with Crippen molar-refractivity contribution in [1.82, 2.24) is 20.7 Å². The molecule has 0 aliphatic heterocycles. The molecule has 1 aromatic heterocycles. The molecular formula is C19H28N4O6. The van der Waals surface area contributed by atoms with Gasteiger partial charge in [0.15, 0.2) is 0 Å². The van der Waals surface area contributed by atoms with Gasteiger partial charge in [-0.2, -0.15) is 0 Å². The van der Waals surface area contributed by atoms with Crippen LogP contribution >= 0.6 is 0 Å². The van der Waals surface area contributed by atoms with Crippen molar-refractivity contribution in [2.24, 2.45) is 5.92 Å². The summed E-state index contributed by atoms with van der Waals surface area (Å²) in [5.74, 6) is -2.57. The lowest BCUT2D eigenvalue weighted by atomic mass is 10.0. The quantitative estimate of drug-likeness (QED) is 0.225. The van der Waals surface area contributed by atoms with Gasteiger partial charge in [0.2, 0.25) is 5.91 Å². The Labute approximate surface area is 169 Å². The number of carboxylic acids is 1. The summed E-state index contributed by atoms with van der Waals surface area (Å²) in [6, 6.07) is -0.461. The fourth-order valence-corrected chi connectivity index (χ4v) is 2.39. The van der Waals surface area contributed by atoms with Crippen molar-refractivity contribution in [3.05, 3.63) is 36.7 Å². The van der Waals surface area contributed by atoms with Crippen LogP contribution in [0.15, 0.2) is 31.1 Å². The Morgan fingerprint density at radius 2 is 1.93 bits per heavy atom. The lowest BCUT2D eigenvalue weighted by Gasteiger charge is -2.19. The van der Waals surface area contributed by atoms with E-state index in [1.54, 1.807) is 0 Å². The van der Waals surface area contributed by atoms with E-state index in [1.165, 1.54) is 36.0 Å². The van der Waals surface area contributed by atoms with Crippen LogP contribution in [0.2, 0.25) is 0 Å². The first kappa shape index (κ1) is 23.9. The van der Waals surface area contributed by atoms with Crippen molar-refractivity contribution < 1.29 is 29.1 Å². The number of nitrogens with zero attached hydrogens (tertiary/aromatic N) is 1. The lowest BCUT2D eigenvalue weighted by molar-refractivity contribution is -0.142. The highest BCUT2D eigenvalue weighted by Gasteiger charge is 2.25. The van der Waals surface area contributed by atoms with Gasteiger partial charge in [-0.3, -0.25) is 19.2 Å². The van der Waals surface area contributed by atoms with E-state index in [1.807, 2.05) is 13.8 Å². The van der Waals surface area contributed by atoms with Gasteiger partial charge in [0.1, 0.15) is 18.6 Å². The summed E-state index contributed by atoms with van der Waals surface area (Å²) in [5, 5.41) is 14.1. The van der Waals surface area contributed by atoms with Gasteiger partial charge in [0.05, 0.1) is 12.2 Å². The monoisotopic (exact) mass is 408 g/mol. The van der Waals surface area contributed by atoms with Gasteiger partial charge in [-0.25, -0.2) is 10.3 Å². The SMILES string of the molecule is C=CCONC(=O)Cn1ccc(C(=O)N[C@@H](C)C(=O)N[C@@H](CC(C)C)C(=O)O)c1. The Morgan fingerprint density at radius 1 is 1.24 bits per heavy atom. The van der Waals surface area contributed by atoms with Crippen molar-refractivity contribution in [2.75, 3.05) is 6.61 Å². The Hall–Kier alpha value is -3.14. The average molecular weight is 408 g/mol. The summed E-state index contributed by atoms with van der Waals surface area (Å²) < 4.78 is 1.48. The molecule has 1 rings (SSSR count). The normalized spacial score (nSPS) is 12.7. The number of aliphatic carboxylic acids is 1. The van der Waals surface area contributed by atoms with Crippen molar-refractivity contribution in [1.29, 1.82) is 0 Å². The first-order valence-corrected chi connectivity index (χ1v) is 9.15. The number of hydroxylamine groups is 1. The zero-order valence-electron chi connectivity index (χ0n) is 16.8. The Balaban J connectivity index is 2.59. The van der Waals surface area contributed by atoms with Crippen LogP contribution in [0.3, 0.4) is 0 Å². The fourth-order valence-electron chi connectivity index (χ4n) is 2.39. The molecule has 0 aliphatic rings. The van der Waals surface area contributed by atoms with E-state index in [0.717, 1.165) is 0 Å². The Bertz CT molecular complexity index is 743. The van der Waals surface area contributed by atoms with Crippen LogP contribution in [0.4, 0.5) is 0 Å². The predicted octanol–water partition coefficient (Wildman–Crippen LogP) is 0.456. The molecule has 0 aliphatic carbocycles. The molecule has 160 valence electrons. The summed E-state index contributed by atoms with van der Waals surface area (Å²) in [4.78, 5) is 52.3. The topological polar surface area (TPSA) is 139 Å². The smallest absolute Gasteiger partial charge is 0.326 e. The maximum absolute atomic E-state index is 12.3. The zero-order chi connectivity index (χ0) is 22.0. The second-order valence-corrected chi connectivity index (χ2v) is 6.92. The second kappa shape index (κ2) is 11.6. The van der Waals surface area contributed by atoms with Crippen LogP contribution < -0.4 is 16.1 Å². The summed E-state index contributed by atoms with van der Waals surface area (Å²) in [6.45, 7) is 8.73. The number of carboxylic acid groups (broad SMARTS) is 1. The first-order valence-electron chi connectivity index (χ1n) is 9.15. The van der Waals surface area contributed by atoms with Gasteiger partial charge in [-0.1, -0.05) is 19.9 Å². The third-order valence-corrected chi connectivity index (χ3v) is 3.79. The van der Waals surface area contributed by atoms with Crippen LogP contribution in [-0.2, 0) is 25.8 Å². The summed E-state index contributed by atoms with van der Waals surface area (Å²) in [6.07, 6.45) is 4.75. The molecule has 0 aromatic carbocycles. The van der Waals surface area contributed by atoms with Gasteiger partial charge < -0.3 is 20.3 Å². The number of rotatable bonds is 12. The van der Waals surface area contributed by atoms with E-state index in [9.17, 15) is 24.3 Å². The van der Waals surface area contributed by atoms with E-state index in [4.69, 9.17) is 4.84 Å². The molecule has 0 fully saturated rings. The van der Waals surface area contributed by atoms with Crippen LogP contribution in [0.1, 0.15) is 37.6 Å². The molecule has 0 bridgehead atoms. The third kappa shape index (κ3) is 8.60. The molecule has 0 radical (unpaired) electrons. The Kier molecular flexibility index (Phi) is 9.60. The molecule has 1 aromatic rings. The van der Waals surface area contributed by atoms with Crippen LogP contribution in [0.5, 0.6) is 0 Å². The van der Waals surface area contributed by atoms with Gasteiger partial charge in [-0.05, 0) is 25.3 Å². The van der Waals surface area contributed by atoms with Crippen LogP contribution in [0, 0.1) is 5.92 Å². The molecule has 0 saturated heterocycles. The number of hydrogen-bond acceptors (Lipinski definition) is 5. The number of amides is 3. The van der Waals surface area contributed by atoms with Crippen molar-refractivity contribution in [2.45, 2.75) is 45.8 Å². The average Bonchev–Trinajstić information content (AvgIpc) is 3.09. The minimum Gasteiger partial charge on any atom is -0.480 e. The molecule has 0 spiro atoms. The van der Waals surface area contributed by atoms with Crippen LogP contribution in [0.25, 0.3) is 0 Å². The molecule has 0 unspecified atom stereocenters. The number of carbonyl (C=O) groups excluding carboxylic acids is 3. The van der Waals surface area contributed by atoms with Crippen molar-refractivity contribution in [3.8, 4) is 0 Å². The van der Waals surface area contributed by atoms with E-state index in [-0.39, 0.29) is 31.1 Å². The summed E-state index contributed by atoms with van der Waals surface area (Å²) in [5.41, 5.74) is 2.48. The molecule has 1 heterocycles. The number of hydrogen-bond donors (Lipinski definition) is 4. The van der Waals surface area contributed by atoms with E-state index < -0.39 is 35.8 Å². The van der Waals surface area contributed by atoms with Gasteiger partial charge >= 0.3 is 5.97 Å². The van der Waals surface area contributed by atoms with E-state index >= 15 is 0 Å². The molecule has 29 heavy (non-hydrogen) atoms. The first-order chi connectivity index (χ1) is 13.6. The minimum absolute atomic E-state index is 0.0596. The number of nitrogens with one attached hydrogen (secondary N) is 3. The largest absolute Gasteiger partial charge is 0.480 e. The summed E-state index contributed by atoms with van der Waals surface area (Å²) >= 11 is 0. The van der Waals surface area contributed by atoms with Gasteiger partial charge in [0.25, 0.3) is 11.8 Å². The minimum atomic E-state index is -1.13. The number of carbonyl (C=O) groups is 4. The van der Waals surface area contributed by atoms with E-state index in [2.05, 4.69) is 22.7 Å². The van der Waals surface area contributed by atoms with Crippen molar-refractivity contribution in [3.63, 3.8) is 0 Å². The molecule has 2 atom stereocenters. The molecule has 10 heteroatoms. The maximum atomic E-state index is 12.3. The zero-order valence-corrected chi connectivity index (χ0v) is 16.8. The second-order valence-electron chi connectivity index (χ2n) is 6.92. The highest BCUT2D eigenvalue weighted by atomic mass is 16.6. The number of aromatic nitrogens is 1. The Morgan fingerprint density at radius 3 is 2.52 bits per heavy atom. The summed E-state index contributed by atoms with van der Waals surface area (Å²) in [7, 11) is 0. The molecular weight excluding hydrogens is 380 g/mol. The third-order valence-electron chi connectivity index (χ3n) is 3.79. The highest BCUT2D eigenvalue weighted by Crippen LogP contribution is 2.06. The standard InChI is InChI=1S/C19H28N4O6/c1-5-8-29-22-16(24)11-23-7-6-14(10-23)18(26)20-13(4)17(25)21-15(19(27)28)9-12(2)3/h5-7,10,12-13,15H,1,8-9,11H2,2-4H3,(H,20,26)(H,21,25)(H,22,24)(H,27,28)/t13-,15-/m0/s1. The van der Waals surface area contributed by atoms with Gasteiger partial charge in [0, 0.05) is 12.4 Å². The maximum Gasteiger partial charge on any atom is 0.326 e. The van der Waals surface area contributed by atoms with Gasteiger partial charge in [-0.15, -0.1) is 6.58 Å². The van der Waals surface area contributed by atoms with E-state index in [0.29, 0.717) is 0 Å². The molecule has 0 saturated carbocycles.